The molecule has 1 rings (SSSR count). The normalized spacial score (nSPS) is 13.0. The van der Waals surface area contributed by atoms with Gasteiger partial charge in [0.25, 0.3) is 0 Å². The van der Waals surface area contributed by atoms with Crippen molar-refractivity contribution in [2.24, 2.45) is 0 Å². The van der Waals surface area contributed by atoms with Crippen LogP contribution in [-0.4, -0.2) is 26.5 Å². The second-order valence-corrected chi connectivity index (χ2v) is 3.02. The first-order valence-electron chi connectivity index (χ1n) is 3.09. The number of hydrogen-bond acceptors (Lipinski definition) is 5. The SMILES string of the molecule is CC(CO)Nc1nsnc1Cl. The van der Waals surface area contributed by atoms with Crippen LogP contribution >= 0.6 is 23.3 Å². The highest BCUT2D eigenvalue weighted by Gasteiger charge is 2.06. The molecule has 1 heterocycles. The van der Waals surface area contributed by atoms with E-state index in [4.69, 9.17) is 16.7 Å². The third-order valence-corrected chi connectivity index (χ3v) is 2.00. The molecule has 0 fully saturated rings. The molecule has 0 aliphatic heterocycles. The monoisotopic (exact) mass is 193 g/mol. The van der Waals surface area contributed by atoms with Gasteiger partial charge in [0.2, 0.25) is 0 Å². The van der Waals surface area contributed by atoms with Crippen LogP contribution in [0.2, 0.25) is 5.15 Å². The summed E-state index contributed by atoms with van der Waals surface area (Å²) in [7, 11) is 0. The molecular weight excluding hydrogens is 186 g/mol. The highest BCUT2D eigenvalue weighted by Crippen LogP contribution is 2.18. The van der Waals surface area contributed by atoms with Gasteiger partial charge in [0.1, 0.15) is 0 Å². The van der Waals surface area contributed by atoms with Gasteiger partial charge in [-0.05, 0) is 6.92 Å². The molecule has 11 heavy (non-hydrogen) atoms. The van der Waals surface area contributed by atoms with Crippen molar-refractivity contribution in [3.8, 4) is 0 Å². The molecular formula is C5H8ClN3OS. The maximum absolute atomic E-state index is 8.67. The molecule has 0 aliphatic carbocycles. The van der Waals surface area contributed by atoms with Gasteiger partial charge in [-0.3, -0.25) is 0 Å². The Bertz CT molecular complexity index is 229. The van der Waals surface area contributed by atoms with E-state index in [1.807, 2.05) is 6.92 Å². The number of aliphatic hydroxyl groups excluding tert-OH is 1. The van der Waals surface area contributed by atoms with E-state index < -0.39 is 0 Å². The van der Waals surface area contributed by atoms with Crippen LogP contribution in [-0.2, 0) is 0 Å². The number of rotatable bonds is 3. The lowest BCUT2D eigenvalue weighted by atomic mass is 10.4. The van der Waals surface area contributed by atoms with Crippen molar-refractivity contribution in [2.75, 3.05) is 11.9 Å². The quantitative estimate of drug-likeness (QED) is 0.752. The van der Waals surface area contributed by atoms with Crippen molar-refractivity contribution in [3.05, 3.63) is 5.15 Å². The fraction of sp³-hybridized carbons (Fsp3) is 0.600. The van der Waals surface area contributed by atoms with Crippen molar-refractivity contribution >= 4 is 29.1 Å². The molecule has 6 heteroatoms. The average Bonchev–Trinajstić information content (AvgIpc) is 2.37. The molecule has 1 aromatic rings. The first-order valence-corrected chi connectivity index (χ1v) is 4.20. The summed E-state index contributed by atoms with van der Waals surface area (Å²) in [6.45, 7) is 1.88. The standard InChI is InChI=1S/C5H8ClN3OS/c1-3(2-10)7-5-4(6)8-11-9-5/h3,10H,2H2,1H3,(H,7,9). The minimum atomic E-state index is -0.0450. The number of hydrogen-bond donors (Lipinski definition) is 2. The zero-order valence-corrected chi connectivity index (χ0v) is 7.48. The highest BCUT2D eigenvalue weighted by atomic mass is 35.5. The lowest BCUT2D eigenvalue weighted by molar-refractivity contribution is 0.281. The van der Waals surface area contributed by atoms with Gasteiger partial charge in [0, 0.05) is 6.04 Å². The average molecular weight is 194 g/mol. The first kappa shape index (κ1) is 8.70. The molecule has 0 aliphatic rings. The van der Waals surface area contributed by atoms with E-state index >= 15 is 0 Å². The lowest BCUT2D eigenvalue weighted by Crippen LogP contribution is -2.19. The number of nitrogens with one attached hydrogen (secondary N) is 1. The minimum absolute atomic E-state index is 0.0450. The summed E-state index contributed by atoms with van der Waals surface area (Å²) < 4.78 is 7.64. The molecule has 2 N–H and O–H groups in total. The number of halogens is 1. The van der Waals surface area contributed by atoms with E-state index in [2.05, 4.69) is 14.1 Å². The summed E-state index contributed by atoms with van der Waals surface area (Å²) in [5.74, 6) is 0.540. The fourth-order valence-corrected chi connectivity index (χ4v) is 1.20. The lowest BCUT2D eigenvalue weighted by Gasteiger charge is -2.08. The Labute approximate surface area is 73.5 Å². The van der Waals surface area contributed by atoms with Crippen LogP contribution in [0.15, 0.2) is 0 Å². The zero-order valence-electron chi connectivity index (χ0n) is 5.91. The predicted octanol–water partition coefficient (Wildman–Crippen LogP) is 0.984. The minimum Gasteiger partial charge on any atom is -0.394 e. The number of anilines is 1. The molecule has 1 aromatic heterocycles. The Hall–Kier alpha value is -0.390. The van der Waals surface area contributed by atoms with Crippen LogP contribution in [0.25, 0.3) is 0 Å². The summed E-state index contributed by atoms with van der Waals surface area (Å²) in [5.41, 5.74) is 0. The molecule has 1 unspecified atom stereocenters. The Kier molecular flexibility index (Phi) is 3.04. The van der Waals surface area contributed by atoms with Crippen molar-refractivity contribution in [2.45, 2.75) is 13.0 Å². The largest absolute Gasteiger partial charge is 0.394 e. The van der Waals surface area contributed by atoms with Gasteiger partial charge in [-0.2, -0.15) is 8.75 Å². The van der Waals surface area contributed by atoms with E-state index in [0.717, 1.165) is 11.7 Å². The number of nitrogens with zero attached hydrogens (tertiary/aromatic N) is 2. The maximum atomic E-state index is 8.67. The number of aromatic nitrogens is 2. The molecule has 4 nitrogen and oxygen atoms in total. The van der Waals surface area contributed by atoms with Gasteiger partial charge < -0.3 is 10.4 Å². The van der Waals surface area contributed by atoms with Crippen molar-refractivity contribution < 1.29 is 5.11 Å². The Morgan fingerprint density at radius 2 is 2.45 bits per heavy atom. The van der Waals surface area contributed by atoms with Gasteiger partial charge in [-0.1, -0.05) is 11.6 Å². The molecule has 0 amide bonds. The van der Waals surface area contributed by atoms with E-state index in [1.54, 1.807) is 0 Å². The first-order chi connectivity index (χ1) is 5.24. The summed E-state index contributed by atoms with van der Waals surface area (Å²) in [4.78, 5) is 0. The molecule has 0 spiro atoms. The van der Waals surface area contributed by atoms with Gasteiger partial charge in [-0.15, -0.1) is 0 Å². The summed E-state index contributed by atoms with van der Waals surface area (Å²) in [6.07, 6.45) is 0. The zero-order chi connectivity index (χ0) is 8.27. The third kappa shape index (κ3) is 2.28. The van der Waals surface area contributed by atoms with Gasteiger partial charge in [0.05, 0.1) is 18.3 Å². The van der Waals surface area contributed by atoms with Crippen LogP contribution < -0.4 is 5.32 Å². The van der Waals surface area contributed by atoms with E-state index in [9.17, 15) is 0 Å². The van der Waals surface area contributed by atoms with Crippen LogP contribution in [0.5, 0.6) is 0 Å². The molecule has 0 bridgehead atoms. The van der Waals surface area contributed by atoms with E-state index in [1.165, 1.54) is 0 Å². The van der Waals surface area contributed by atoms with Gasteiger partial charge in [-0.25, -0.2) is 0 Å². The molecule has 0 saturated heterocycles. The molecule has 62 valence electrons. The molecule has 0 saturated carbocycles. The fourth-order valence-electron chi connectivity index (χ4n) is 0.543. The smallest absolute Gasteiger partial charge is 0.186 e. The van der Waals surface area contributed by atoms with Crippen molar-refractivity contribution in [1.29, 1.82) is 0 Å². The maximum Gasteiger partial charge on any atom is 0.186 e. The summed E-state index contributed by atoms with van der Waals surface area (Å²) in [5, 5.41) is 11.9. The Balaban J connectivity index is 2.56. The van der Waals surface area contributed by atoms with Crippen LogP contribution in [0.4, 0.5) is 5.82 Å². The van der Waals surface area contributed by atoms with Gasteiger partial charge in [0.15, 0.2) is 11.0 Å². The topological polar surface area (TPSA) is 58.0 Å². The highest BCUT2D eigenvalue weighted by molar-refractivity contribution is 6.99. The Morgan fingerprint density at radius 1 is 1.73 bits per heavy atom. The second-order valence-electron chi connectivity index (χ2n) is 2.13. The van der Waals surface area contributed by atoms with E-state index in [-0.39, 0.29) is 12.6 Å². The van der Waals surface area contributed by atoms with Crippen molar-refractivity contribution in [1.82, 2.24) is 8.75 Å². The van der Waals surface area contributed by atoms with Crippen molar-refractivity contribution in [3.63, 3.8) is 0 Å². The number of aliphatic hydroxyl groups is 1. The third-order valence-electron chi connectivity index (χ3n) is 1.11. The van der Waals surface area contributed by atoms with Crippen LogP contribution in [0.1, 0.15) is 6.92 Å². The van der Waals surface area contributed by atoms with Crippen LogP contribution in [0.3, 0.4) is 0 Å². The molecule has 0 radical (unpaired) electrons. The Morgan fingerprint density at radius 3 is 2.91 bits per heavy atom. The van der Waals surface area contributed by atoms with Crippen LogP contribution in [0, 0.1) is 0 Å². The van der Waals surface area contributed by atoms with Gasteiger partial charge >= 0.3 is 0 Å². The second kappa shape index (κ2) is 3.85. The summed E-state index contributed by atoms with van der Waals surface area (Å²) >= 11 is 6.68. The predicted molar refractivity (Wildman–Crippen MR) is 45.1 cm³/mol. The molecule has 1 atom stereocenters. The van der Waals surface area contributed by atoms with E-state index in [0.29, 0.717) is 11.0 Å². The molecule has 0 aromatic carbocycles. The summed E-state index contributed by atoms with van der Waals surface area (Å²) in [6, 6.07) is -0.0450.